The normalized spacial score (nSPS) is 30.3. The summed E-state index contributed by atoms with van der Waals surface area (Å²) < 4.78 is 8.11. The van der Waals surface area contributed by atoms with E-state index in [2.05, 4.69) is 9.98 Å². The molecule has 4 rings (SSSR count). The molecular weight excluding hydrogens is 342 g/mol. The van der Waals surface area contributed by atoms with Crippen molar-refractivity contribution in [3.8, 4) is 0 Å². The predicted octanol–water partition coefficient (Wildman–Crippen LogP) is -1.96. The summed E-state index contributed by atoms with van der Waals surface area (Å²) in [7, 11) is 1.87. The number of nitrogens with zero attached hydrogens (tertiary/aromatic N) is 5. The molecule has 10 heteroatoms. The van der Waals surface area contributed by atoms with Gasteiger partial charge in [0.05, 0.1) is 12.2 Å². The summed E-state index contributed by atoms with van der Waals surface area (Å²) in [5.41, 5.74) is 0.363. The molecule has 4 atom stereocenters. The smallest absolute Gasteiger partial charge is 0.394 e. The number of aromatic nitrogens is 2. The highest BCUT2D eigenvalue weighted by atomic mass is 16.6. The quantitative estimate of drug-likeness (QED) is 0.525. The molecule has 1 aromatic heterocycles. The van der Waals surface area contributed by atoms with E-state index in [1.165, 1.54) is 15.3 Å². The Labute approximate surface area is 148 Å². The van der Waals surface area contributed by atoms with Crippen LogP contribution in [-0.4, -0.2) is 68.4 Å². The molecule has 0 aliphatic carbocycles. The van der Waals surface area contributed by atoms with E-state index >= 15 is 0 Å². The van der Waals surface area contributed by atoms with Crippen molar-refractivity contribution in [3.05, 3.63) is 34.5 Å². The topological polar surface area (TPSA) is 124 Å². The summed E-state index contributed by atoms with van der Waals surface area (Å²) in [5, 5.41) is 29.3. The van der Waals surface area contributed by atoms with Crippen molar-refractivity contribution in [1.82, 2.24) is 9.47 Å². The van der Waals surface area contributed by atoms with Crippen LogP contribution in [0.4, 0.5) is 5.82 Å². The number of aliphatic hydroxyl groups excluding tert-OH is 3. The average molecular weight is 362 g/mol. The van der Waals surface area contributed by atoms with Crippen LogP contribution in [0.5, 0.6) is 0 Å². The molecule has 3 aliphatic rings. The van der Waals surface area contributed by atoms with Crippen molar-refractivity contribution in [1.29, 1.82) is 0 Å². The average Bonchev–Trinajstić information content (AvgIpc) is 2.90. The Kier molecular flexibility index (Phi) is 3.99. The van der Waals surface area contributed by atoms with Crippen LogP contribution in [0.25, 0.3) is 0 Å². The first-order chi connectivity index (χ1) is 12.4. The SMILES string of the molecule is CC1=NC2=Nc3cc[n+]([C@@H]4O[C@@H](CO)[C@@H](O)[C@H]4O)c(=O)n3CC2=CN1C. The highest BCUT2D eigenvalue weighted by Crippen LogP contribution is 2.26. The molecule has 26 heavy (non-hydrogen) atoms. The van der Waals surface area contributed by atoms with Gasteiger partial charge in [0, 0.05) is 19.3 Å². The lowest BCUT2D eigenvalue weighted by atomic mass is 10.1. The van der Waals surface area contributed by atoms with Gasteiger partial charge in [-0.1, -0.05) is 0 Å². The molecule has 0 unspecified atom stereocenters. The monoisotopic (exact) mass is 362 g/mol. The molecule has 0 saturated carbocycles. The van der Waals surface area contributed by atoms with Gasteiger partial charge in [-0.3, -0.25) is 0 Å². The van der Waals surface area contributed by atoms with E-state index in [1.807, 2.05) is 25.1 Å². The standard InChI is InChI=1S/C16H20N5O5/c1-8-17-14-9(5-19(8)2)6-21-11(18-14)3-4-20(16(21)25)15-13(24)12(23)10(7-22)26-15/h3-5,10,12-13,15,22-24H,6-7H2,1-2H3/q+1/t10-,12+,13+,15+/m0/s1. The summed E-state index contributed by atoms with van der Waals surface area (Å²) in [5.74, 6) is 1.83. The van der Waals surface area contributed by atoms with E-state index in [9.17, 15) is 20.1 Å². The van der Waals surface area contributed by atoms with Crippen LogP contribution in [0.1, 0.15) is 13.2 Å². The van der Waals surface area contributed by atoms with E-state index in [1.54, 1.807) is 6.07 Å². The maximum absolute atomic E-state index is 12.9. The van der Waals surface area contributed by atoms with Crippen LogP contribution in [0.15, 0.2) is 38.8 Å². The second-order valence-corrected chi connectivity index (χ2v) is 6.54. The molecule has 1 aromatic rings. The lowest BCUT2D eigenvalue weighted by Gasteiger charge is -2.23. The number of fused-ring (bicyclic) bond motifs is 2. The first-order valence-corrected chi connectivity index (χ1v) is 8.26. The fourth-order valence-electron chi connectivity index (χ4n) is 3.26. The number of aliphatic imine (C=N–C) groups is 2. The predicted molar refractivity (Wildman–Crippen MR) is 90.0 cm³/mol. The molecule has 0 radical (unpaired) electrons. The van der Waals surface area contributed by atoms with Crippen molar-refractivity contribution in [2.45, 2.75) is 38.0 Å². The van der Waals surface area contributed by atoms with Gasteiger partial charge in [0.2, 0.25) is 12.0 Å². The number of aliphatic hydroxyl groups is 3. The van der Waals surface area contributed by atoms with Gasteiger partial charge >= 0.3 is 5.69 Å². The Balaban J connectivity index is 1.75. The molecule has 10 nitrogen and oxygen atoms in total. The molecular formula is C16H20N5O5+. The molecule has 1 fully saturated rings. The maximum atomic E-state index is 12.9. The third kappa shape index (κ3) is 2.50. The number of hydrogen-bond acceptors (Lipinski definition) is 8. The third-order valence-corrected chi connectivity index (χ3v) is 4.87. The van der Waals surface area contributed by atoms with Crippen LogP contribution >= 0.6 is 0 Å². The minimum atomic E-state index is -1.32. The van der Waals surface area contributed by atoms with Crippen molar-refractivity contribution < 1.29 is 24.6 Å². The first-order valence-electron chi connectivity index (χ1n) is 8.26. The zero-order valence-corrected chi connectivity index (χ0v) is 14.3. The zero-order chi connectivity index (χ0) is 18.6. The minimum Gasteiger partial charge on any atom is -0.394 e. The van der Waals surface area contributed by atoms with Gasteiger partial charge in [-0.15, -0.1) is 0 Å². The van der Waals surface area contributed by atoms with Crippen LogP contribution in [0.3, 0.4) is 0 Å². The fourth-order valence-corrected chi connectivity index (χ4v) is 3.26. The number of amidine groups is 2. The lowest BCUT2D eigenvalue weighted by Crippen LogP contribution is -2.60. The molecule has 0 amide bonds. The second-order valence-electron chi connectivity index (χ2n) is 6.54. The Morgan fingerprint density at radius 1 is 1.35 bits per heavy atom. The highest BCUT2D eigenvalue weighted by Gasteiger charge is 2.47. The largest absolute Gasteiger partial charge is 0.502 e. The molecule has 1 saturated heterocycles. The fraction of sp³-hybridized carbons (Fsp3) is 0.500. The van der Waals surface area contributed by atoms with Gasteiger partial charge in [0.1, 0.15) is 36.9 Å². The van der Waals surface area contributed by atoms with Gasteiger partial charge in [-0.25, -0.2) is 4.99 Å². The van der Waals surface area contributed by atoms with Gasteiger partial charge in [0.15, 0.2) is 5.84 Å². The molecule has 0 aromatic carbocycles. The van der Waals surface area contributed by atoms with E-state index < -0.39 is 36.8 Å². The molecule has 4 heterocycles. The molecule has 138 valence electrons. The number of ether oxygens (including phenoxy) is 1. The van der Waals surface area contributed by atoms with Crippen LogP contribution < -0.4 is 10.3 Å². The van der Waals surface area contributed by atoms with Crippen molar-refractivity contribution in [2.24, 2.45) is 9.98 Å². The number of rotatable bonds is 2. The van der Waals surface area contributed by atoms with Crippen LogP contribution in [0, 0.1) is 0 Å². The van der Waals surface area contributed by atoms with E-state index in [4.69, 9.17) is 4.74 Å². The van der Waals surface area contributed by atoms with Crippen LogP contribution in [0.2, 0.25) is 0 Å². The molecule has 3 N–H and O–H groups in total. The summed E-state index contributed by atoms with van der Waals surface area (Å²) in [6.07, 6.45) is -1.28. The van der Waals surface area contributed by atoms with Crippen molar-refractivity contribution in [2.75, 3.05) is 13.7 Å². The number of hydrogen-bond donors (Lipinski definition) is 3. The van der Waals surface area contributed by atoms with Gasteiger partial charge < -0.3 is 25.0 Å². The van der Waals surface area contributed by atoms with Gasteiger partial charge in [0.25, 0.3) is 0 Å². The van der Waals surface area contributed by atoms with Gasteiger partial charge in [-0.2, -0.15) is 18.9 Å². The van der Waals surface area contributed by atoms with E-state index in [-0.39, 0.29) is 6.54 Å². The van der Waals surface area contributed by atoms with E-state index in [0.717, 1.165) is 11.4 Å². The summed E-state index contributed by atoms with van der Waals surface area (Å²) in [4.78, 5) is 23.6. The Bertz CT molecular complexity index is 905. The molecule has 3 aliphatic heterocycles. The minimum absolute atomic E-state index is 0.282. The van der Waals surface area contributed by atoms with Crippen LogP contribution in [-0.2, 0) is 11.3 Å². The molecule has 0 bridgehead atoms. The Morgan fingerprint density at radius 3 is 2.81 bits per heavy atom. The highest BCUT2D eigenvalue weighted by molar-refractivity contribution is 6.09. The second kappa shape index (κ2) is 6.09. The summed E-state index contributed by atoms with van der Waals surface area (Å²) >= 11 is 0. The summed E-state index contributed by atoms with van der Waals surface area (Å²) in [6, 6.07) is 1.63. The first kappa shape index (κ1) is 17.0. The lowest BCUT2D eigenvalue weighted by molar-refractivity contribution is -0.781. The van der Waals surface area contributed by atoms with Crippen molar-refractivity contribution >= 4 is 17.5 Å². The van der Waals surface area contributed by atoms with E-state index in [0.29, 0.717) is 11.7 Å². The molecule has 0 spiro atoms. The van der Waals surface area contributed by atoms with Gasteiger partial charge in [-0.05, 0) is 6.92 Å². The van der Waals surface area contributed by atoms with Crippen molar-refractivity contribution in [3.63, 3.8) is 0 Å². The zero-order valence-electron chi connectivity index (χ0n) is 14.3. The third-order valence-electron chi connectivity index (χ3n) is 4.87. The summed E-state index contributed by atoms with van der Waals surface area (Å²) in [6.45, 7) is 1.70. The Hall–Kier alpha value is -2.40. The maximum Gasteiger partial charge on any atom is 0.502 e. The Morgan fingerprint density at radius 2 is 2.12 bits per heavy atom.